The number of aromatic amines is 1. The van der Waals surface area contributed by atoms with E-state index >= 15 is 0 Å². The maximum absolute atomic E-state index is 13.2. The lowest BCUT2D eigenvalue weighted by molar-refractivity contribution is 0.629. The van der Waals surface area contributed by atoms with Crippen molar-refractivity contribution in [2.75, 3.05) is 0 Å². The van der Waals surface area contributed by atoms with E-state index in [1.807, 2.05) is 29.7 Å². The van der Waals surface area contributed by atoms with Crippen LogP contribution in [0.4, 0.5) is 4.39 Å². The van der Waals surface area contributed by atoms with Crippen LogP contribution >= 0.6 is 23.8 Å². The van der Waals surface area contributed by atoms with Gasteiger partial charge in [-0.25, -0.2) is 4.39 Å². The quantitative estimate of drug-likeness (QED) is 0.640. The average molecular weight is 293 g/mol. The van der Waals surface area contributed by atoms with E-state index in [-0.39, 0.29) is 5.82 Å². The molecule has 0 saturated carbocycles. The molecule has 1 N–H and O–H groups in total. The van der Waals surface area contributed by atoms with Gasteiger partial charge in [0.05, 0.1) is 11.0 Å². The summed E-state index contributed by atoms with van der Waals surface area (Å²) in [7, 11) is 0. The fourth-order valence-corrected chi connectivity index (χ4v) is 2.55. The Hall–Kier alpha value is -1.65. The zero-order valence-corrected chi connectivity index (χ0v) is 11.6. The topological polar surface area (TPSA) is 20.7 Å². The summed E-state index contributed by atoms with van der Waals surface area (Å²) in [6, 6.07) is 10.3. The number of benzene rings is 2. The van der Waals surface area contributed by atoms with E-state index in [9.17, 15) is 4.39 Å². The van der Waals surface area contributed by atoms with Crippen molar-refractivity contribution in [3.8, 4) is 5.69 Å². The van der Waals surface area contributed by atoms with Crippen LogP contribution in [0.3, 0.4) is 0 Å². The van der Waals surface area contributed by atoms with E-state index in [0.717, 1.165) is 16.8 Å². The van der Waals surface area contributed by atoms with Crippen molar-refractivity contribution < 1.29 is 4.39 Å². The van der Waals surface area contributed by atoms with E-state index in [1.54, 1.807) is 6.07 Å². The Labute approximate surface area is 119 Å². The lowest BCUT2D eigenvalue weighted by Crippen LogP contribution is -1.94. The summed E-state index contributed by atoms with van der Waals surface area (Å²) in [5, 5.41) is 0.677. The minimum atomic E-state index is -0.294. The molecular weight excluding hydrogens is 283 g/mol. The molecule has 0 bridgehead atoms. The van der Waals surface area contributed by atoms with Crippen molar-refractivity contribution in [3.05, 3.63) is 57.6 Å². The van der Waals surface area contributed by atoms with Crippen LogP contribution in [0.2, 0.25) is 5.02 Å². The summed E-state index contributed by atoms with van der Waals surface area (Å²) in [6.45, 7) is 1.94. The summed E-state index contributed by atoms with van der Waals surface area (Å²) in [4.78, 5) is 3.00. The molecule has 0 atom stereocenters. The lowest BCUT2D eigenvalue weighted by atomic mass is 10.2. The van der Waals surface area contributed by atoms with Crippen LogP contribution in [0.1, 0.15) is 5.56 Å². The summed E-state index contributed by atoms with van der Waals surface area (Å²) < 4.78 is 15.6. The molecular formula is C14H10ClFN2S. The van der Waals surface area contributed by atoms with E-state index in [2.05, 4.69) is 4.98 Å². The van der Waals surface area contributed by atoms with Crippen LogP contribution in [-0.4, -0.2) is 9.55 Å². The standard InChI is InChI=1S/C14H10ClFN2S/c1-8-2-4-10(7-11(8)15)18-13-5-3-9(16)6-12(13)17-14(18)19/h2-7H,1H3,(H,17,19). The van der Waals surface area contributed by atoms with Crippen molar-refractivity contribution >= 4 is 34.9 Å². The zero-order valence-electron chi connectivity index (χ0n) is 10.1. The first kappa shape index (κ1) is 12.4. The van der Waals surface area contributed by atoms with Gasteiger partial charge in [-0.1, -0.05) is 17.7 Å². The number of rotatable bonds is 1. The SMILES string of the molecule is Cc1ccc(-n2c(=S)[nH]c3cc(F)ccc32)cc1Cl. The summed E-state index contributed by atoms with van der Waals surface area (Å²) in [6.07, 6.45) is 0. The normalized spacial score (nSPS) is 11.1. The molecule has 0 amide bonds. The van der Waals surface area contributed by atoms with Gasteiger partial charge in [0.25, 0.3) is 0 Å². The van der Waals surface area contributed by atoms with Gasteiger partial charge in [-0.2, -0.15) is 0 Å². The highest BCUT2D eigenvalue weighted by Crippen LogP contribution is 2.24. The molecule has 0 fully saturated rings. The number of hydrogen-bond acceptors (Lipinski definition) is 1. The Morgan fingerprint density at radius 3 is 2.74 bits per heavy atom. The van der Waals surface area contributed by atoms with Crippen LogP contribution in [-0.2, 0) is 0 Å². The second-order valence-electron chi connectivity index (χ2n) is 4.36. The second kappa shape index (κ2) is 4.47. The number of imidazole rings is 1. The van der Waals surface area contributed by atoms with Gasteiger partial charge >= 0.3 is 0 Å². The zero-order chi connectivity index (χ0) is 13.6. The molecule has 0 saturated heterocycles. The fraction of sp³-hybridized carbons (Fsp3) is 0.0714. The van der Waals surface area contributed by atoms with E-state index in [0.29, 0.717) is 15.3 Å². The maximum Gasteiger partial charge on any atom is 0.182 e. The smallest absolute Gasteiger partial charge is 0.182 e. The number of nitrogens with one attached hydrogen (secondary N) is 1. The molecule has 2 aromatic carbocycles. The molecule has 0 aliphatic rings. The van der Waals surface area contributed by atoms with Crippen LogP contribution in [0.25, 0.3) is 16.7 Å². The predicted molar refractivity (Wildman–Crippen MR) is 78.2 cm³/mol. The molecule has 0 radical (unpaired) electrons. The predicted octanol–water partition coefficient (Wildman–Crippen LogP) is 4.79. The molecule has 3 rings (SSSR count). The first-order chi connectivity index (χ1) is 9.06. The number of fused-ring (bicyclic) bond motifs is 1. The van der Waals surface area contributed by atoms with Crippen LogP contribution in [0.5, 0.6) is 0 Å². The Kier molecular flexibility index (Phi) is 2.92. The van der Waals surface area contributed by atoms with Crippen LogP contribution in [0, 0.1) is 17.5 Å². The number of hydrogen-bond donors (Lipinski definition) is 1. The largest absolute Gasteiger partial charge is 0.330 e. The van der Waals surface area contributed by atoms with E-state index in [1.165, 1.54) is 12.1 Å². The average Bonchev–Trinajstić information content (AvgIpc) is 2.68. The third kappa shape index (κ3) is 2.07. The van der Waals surface area contributed by atoms with Gasteiger partial charge in [-0.3, -0.25) is 4.57 Å². The van der Waals surface area contributed by atoms with Crippen molar-refractivity contribution in [2.24, 2.45) is 0 Å². The summed E-state index contributed by atoms with van der Waals surface area (Å²) in [5.41, 5.74) is 3.36. The molecule has 1 aromatic heterocycles. The number of nitrogens with zero attached hydrogens (tertiary/aromatic N) is 1. The van der Waals surface area contributed by atoms with Gasteiger partial charge in [0, 0.05) is 10.7 Å². The van der Waals surface area contributed by atoms with Gasteiger partial charge in [-0.15, -0.1) is 0 Å². The molecule has 0 unspecified atom stereocenters. The van der Waals surface area contributed by atoms with Gasteiger partial charge in [0.15, 0.2) is 4.77 Å². The van der Waals surface area contributed by atoms with Crippen molar-refractivity contribution in [2.45, 2.75) is 6.92 Å². The van der Waals surface area contributed by atoms with Gasteiger partial charge in [-0.05, 0) is 55.0 Å². The molecule has 96 valence electrons. The molecule has 2 nitrogen and oxygen atoms in total. The van der Waals surface area contributed by atoms with Gasteiger partial charge in [0.2, 0.25) is 0 Å². The molecule has 0 aliphatic heterocycles. The number of H-pyrrole nitrogens is 1. The fourth-order valence-electron chi connectivity index (χ4n) is 2.06. The monoisotopic (exact) mass is 292 g/mol. The Bertz CT molecular complexity index is 835. The summed E-state index contributed by atoms with van der Waals surface area (Å²) in [5.74, 6) is -0.294. The van der Waals surface area contributed by atoms with Crippen molar-refractivity contribution in [3.63, 3.8) is 0 Å². The minimum Gasteiger partial charge on any atom is -0.330 e. The van der Waals surface area contributed by atoms with E-state index in [4.69, 9.17) is 23.8 Å². The maximum atomic E-state index is 13.2. The molecule has 1 heterocycles. The second-order valence-corrected chi connectivity index (χ2v) is 5.15. The van der Waals surface area contributed by atoms with Gasteiger partial charge in [0.1, 0.15) is 5.82 Å². The van der Waals surface area contributed by atoms with Crippen LogP contribution < -0.4 is 0 Å². The molecule has 19 heavy (non-hydrogen) atoms. The highest BCUT2D eigenvalue weighted by molar-refractivity contribution is 7.71. The Balaban J connectivity index is 2.32. The number of aryl methyl sites for hydroxylation is 1. The number of aromatic nitrogens is 2. The first-order valence-electron chi connectivity index (χ1n) is 5.73. The van der Waals surface area contributed by atoms with Crippen LogP contribution in [0.15, 0.2) is 36.4 Å². The molecule has 0 spiro atoms. The van der Waals surface area contributed by atoms with Gasteiger partial charge < -0.3 is 4.98 Å². The Morgan fingerprint density at radius 1 is 1.21 bits per heavy atom. The molecule has 3 aromatic rings. The first-order valence-corrected chi connectivity index (χ1v) is 6.52. The Morgan fingerprint density at radius 2 is 2.00 bits per heavy atom. The van der Waals surface area contributed by atoms with E-state index < -0.39 is 0 Å². The van der Waals surface area contributed by atoms with Crippen molar-refractivity contribution in [1.29, 1.82) is 0 Å². The third-order valence-electron chi connectivity index (χ3n) is 3.06. The molecule has 5 heteroatoms. The lowest BCUT2D eigenvalue weighted by Gasteiger charge is -2.06. The number of halogens is 2. The minimum absolute atomic E-state index is 0.294. The highest BCUT2D eigenvalue weighted by atomic mass is 35.5. The third-order valence-corrected chi connectivity index (χ3v) is 3.75. The van der Waals surface area contributed by atoms with Crippen molar-refractivity contribution in [1.82, 2.24) is 9.55 Å². The summed E-state index contributed by atoms with van der Waals surface area (Å²) >= 11 is 11.4. The highest BCUT2D eigenvalue weighted by Gasteiger charge is 2.08. The molecule has 0 aliphatic carbocycles.